The van der Waals surface area contributed by atoms with E-state index in [-0.39, 0.29) is 0 Å². The molecule has 1 aromatic carbocycles. The lowest BCUT2D eigenvalue weighted by Gasteiger charge is -2.03. The third-order valence-corrected chi connectivity index (χ3v) is 3.26. The number of para-hydroxylation sites is 1. The number of aryl methyl sites for hydroxylation is 1. The largest absolute Gasteiger partial charge is 0.245 e. The average Bonchev–Trinajstić information content (AvgIpc) is 2.47. The number of rotatable bonds is 1. The molecule has 0 amide bonds. The van der Waals surface area contributed by atoms with E-state index in [1.54, 1.807) is 6.20 Å². The van der Waals surface area contributed by atoms with Crippen LogP contribution in [0.5, 0.6) is 0 Å². The second kappa shape index (κ2) is 2.85. The van der Waals surface area contributed by atoms with Crippen LogP contribution in [0.3, 0.4) is 0 Å². The molecule has 0 saturated heterocycles. The number of benzene rings is 1. The van der Waals surface area contributed by atoms with Crippen molar-refractivity contribution < 1.29 is 8.42 Å². The zero-order valence-electron chi connectivity index (χ0n) is 8.06. The van der Waals surface area contributed by atoms with Crippen molar-refractivity contribution >= 4 is 20.9 Å². The maximum Gasteiger partial charge on any atom is 0.236 e. The Hall–Kier alpha value is -1.29. The Morgan fingerprint density at radius 2 is 1.93 bits per heavy atom. The van der Waals surface area contributed by atoms with Crippen LogP contribution in [0.1, 0.15) is 5.56 Å². The minimum atomic E-state index is -3.19. The first kappa shape index (κ1) is 9.27. The first-order valence-electron chi connectivity index (χ1n) is 4.27. The first-order chi connectivity index (χ1) is 6.50. The lowest BCUT2D eigenvalue weighted by molar-refractivity contribution is 0.595. The summed E-state index contributed by atoms with van der Waals surface area (Å²) in [6.07, 6.45) is 2.80. The van der Waals surface area contributed by atoms with Crippen LogP contribution in [-0.4, -0.2) is 18.6 Å². The van der Waals surface area contributed by atoms with Crippen LogP contribution in [-0.2, 0) is 10.0 Å². The van der Waals surface area contributed by atoms with Crippen molar-refractivity contribution in [1.82, 2.24) is 3.97 Å². The van der Waals surface area contributed by atoms with Gasteiger partial charge in [0.25, 0.3) is 0 Å². The molecule has 0 aliphatic heterocycles. The van der Waals surface area contributed by atoms with Crippen LogP contribution in [0.15, 0.2) is 30.5 Å². The van der Waals surface area contributed by atoms with Gasteiger partial charge in [-0.3, -0.25) is 0 Å². The molecule has 2 rings (SSSR count). The highest BCUT2D eigenvalue weighted by Gasteiger charge is 2.10. The summed E-state index contributed by atoms with van der Waals surface area (Å²) in [4.78, 5) is 0. The molecule has 0 aliphatic carbocycles. The van der Waals surface area contributed by atoms with Gasteiger partial charge in [0, 0.05) is 11.6 Å². The van der Waals surface area contributed by atoms with Crippen molar-refractivity contribution in [3.05, 3.63) is 36.0 Å². The Kier molecular flexibility index (Phi) is 1.89. The molecule has 1 aromatic heterocycles. The number of fused-ring (bicyclic) bond motifs is 1. The molecule has 0 bridgehead atoms. The average molecular weight is 209 g/mol. The fourth-order valence-electron chi connectivity index (χ4n) is 1.62. The number of aromatic nitrogens is 1. The fourth-order valence-corrected chi connectivity index (χ4v) is 2.48. The minimum absolute atomic E-state index is 0.773. The Bertz CT molecular complexity index is 581. The highest BCUT2D eigenvalue weighted by Crippen LogP contribution is 2.20. The number of hydrogen-bond donors (Lipinski definition) is 0. The Morgan fingerprint density at radius 3 is 2.57 bits per heavy atom. The highest BCUT2D eigenvalue weighted by atomic mass is 32.2. The van der Waals surface area contributed by atoms with Gasteiger partial charge < -0.3 is 0 Å². The van der Waals surface area contributed by atoms with E-state index >= 15 is 0 Å². The standard InChI is InChI=1S/C10H11NO2S/c1-8-4-3-5-9-6-7-11(10(8)9)14(2,12)13/h3-7H,1-2H3. The first-order valence-corrected chi connectivity index (χ1v) is 6.12. The Labute approximate surface area is 83.0 Å². The molecule has 0 saturated carbocycles. The van der Waals surface area contributed by atoms with Crippen molar-refractivity contribution in [3.8, 4) is 0 Å². The van der Waals surface area contributed by atoms with Gasteiger partial charge in [0.2, 0.25) is 10.0 Å². The molecule has 0 radical (unpaired) electrons. The van der Waals surface area contributed by atoms with E-state index in [0.29, 0.717) is 0 Å². The van der Waals surface area contributed by atoms with Crippen LogP contribution in [0, 0.1) is 6.92 Å². The molecule has 2 aromatic rings. The lowest BCUT2D eigenvalue weighted by atomic mass is 10.2. The SMILES string of the molecule is Cc1cccc2ccn(S(C)(=O)=O)c12. The van der Waals surface area contributed by atoms with Gasteiger partial charge in [0.05, 0.1) is 11.8 Å². The monoisotopic (exact) mass is 209 g/mol. The van der Waals surface area contributed by atoms with Gasteiger partial charge in [-0.15, -0.1) is 0 Å². The van der Waals surface area contributed by atoms with Gasteiger partial charge >= 0.3 is 0 Å². The third-order valence-electron chi connectivity index (χ3n) is 2.24. The molecule has 0 unspecified atom stereocenters. The van der Waals surface area contributed by atoms with Crippen LogP contribution in [0.2, 0.25) is 0 Å². The van der Waals surface area contributed by atoms with Gasteiger partial charge in [-0.2, -0.15) is 0 Å². The number of hydrogen-bond acceptors (Lipinski definition) is 2. The Balaban J connectivity index is 2.94. The van der Waals surface area contributed by atoms with Gasteiger partial charge in [-0.1, -0.05) is 18.2 Å². The van der Waals surface area contributed by atoms with Crippen LogP contribution >= 0.6 is 0 Å². The summed E-state index contributed by atoms with van der Waals surface area (Å²) in [7, 11) is -3.19. The molecule has 74 valence electrons. The summed E-state index contributed by atoms with van der Waals surface area (Å²) in [6.45, 7) is 1.91. The van der Waals surface area contributed by atoms with E-state index in [9.17, 15) is 8.42 Å². The maximum absolute atomic E-state index is 11.4. The van der Waals surface area contributed by atoms with Gasteiger partial charge in [-0.25, -0.2) is 12.4 Å². The molecule has 3 nitrogen and oxygen atoms in total. The second-order valence-electron chi connectivity index (χ2n) is 3.39. The molecule has 0 N–H and O–H groups in total. The molecular weight excluding hydrogens is 198 g/mol. The third kappa shape index (κ3) is 1.32. The van der Waals surface area contributed by atoms with Crippen LogP contribution < -0.4 is 0 Å². The summed E-state index contributed by atoms with van der Waals surface area (Å²) in [5, 5.41) is 0.954. The van der Waals surface area contributed by atoms with Crippen molar-refractivity contribution in [2.75, 3.05) is 6.26 Å². The van der Waals surface area contributed by atoms with E-state index < -0.39 is 10.0 Å². The summed E-state index contributed by atoms with van der Waals surface area (Å²) in [5.74, 6) is 0. The van der Waals surface area contributed by atoms with E-state index in [2.05, 4.69) is 0 Å². The van der Waals surface area contributed by atoms with Crippen LogP contribution in [0.4, 0.5) is 0 Å². The molecule has 1 heterocycles. The smallest absolute Gasteiger partial charge is 0.236 e. The second-order valence-corrected chi connectivity index (χ2v) is 5.25. The van der Waals surface area contributed by atoms with Crippen molar-refractivity contribution in [2.45, 2.75) is 6.92 Å². The minimum Gasteiger partial charge on any atom is -0.245 e. The molecule has 0 spiro atoms. The Morgan fingerprint density at radius 1 is 1.21 bits per heavy atom. The van der Waals surface area contributed by atoms with E-state index in [1.165, 1.54) is 10.2 Å². The normalized spacial score (nSPS) is 12.1. The number of nitrogens with zero attached hydrogens (tertiary/aromatic N) is 1. The maximum atomic E-state index is 11.4. The van der Waals surface area contributed by atoms with Gasteiger partial charge in [-0.05, 0) is 18.6 Å². The molecule has 0 fully saturated rings. The van der Waals surface area contributed by atoms with E-state index in [1.807, 2.05) is 31.2 Å². The summed E-state index contributed by atoms with van der Waals surface area (Å²) in [5.41, 5.74) is 1.74. The highest BCUT2D eigenvalue weighted by molar-refractivity contribution is 7.89. The zero-order chi connectivity index (χ0) is 10.3. The lowest BCUT2D eigenvalue weighted by Crippen LogP contribution is -2.08. The van der Waals surface area contributed by atoms with Crippen LogP contribution in [0.25, 0.3) is 10.9 Å². The summed E-state index contributed by atoms with van der Waals surface area (Å²) >= 11 is 0. The van der Waals surface area contributed by atoms with Crippen molar-refractivity contribution in [2.24, 2.45) is 0 Å². The molecule has 0 atom stereocenters. The van der Waals surface area contributed by atoms with E-state index in [0.717, 1.165) is 16.5 Å². The van der Waals surface area contributed by atoms with Gasteiger partial charge in [0.1, 0.15) is 0 Å². The predicted octanol–water partition coefficient (Wildman–Crippen LogP) is 1.76. The predicted molar refractivity (Wildman–Crippen MR) is 56.9 cm³/mol. The fraction of sp³-hybridized carbons (Fsp3) is 0.200. The summed E-state index contributed by atoms with van der Waals surface area (Å²) in [6, 6.07) is 7.54. The molecule has 14 heavy (non-hydrogen) atoms. The molecule has 0 aliphatic rings. The van der Waals surface area contributed by atoms with Crippen molar-refractivity contribution in [3.63, 3.8) is 0 Å². The van der Waals surface area contributed by atoms with E-state index in [4.69, 9.17) is 0 Å². The quantitative estimate of drug-likeness (QED) is 0.717. The van der Waals surface area contributed by atoms with Gasteiger partial charge in [0.15, 0.2) is 0 Å². The van der Waals surface area contributed by atoms with Crippen molar-refractivity contribution in [1.29, 1.82) is 0 Å². The zero-order valence-corrected chi connectivity index (χ0v) is 8.88. The molecular formula is C10H11NO2S. The topological polar surface area (TPSA) is 39.1 Å². The molecule has 4 heteroatoms. The summed E-state index contributed by atoms with van der Waals surface area (Å²) < 4.78 is 24.2.